The lowest BCUT2D eigenvalue weighted by molar-refractivity contribution is -0.122. The zero-order chi connectivity index (χ0) is 21.7. The van der Waals surface area contributed by atoms with Crippen molar-refractivity contribution in [3.8, 4) is 5.75 Å². The molecule has 3 rings (SSSR count). The quantitative estimate of drug-likeness (QED) is 0.562. The van der Waals surface area contributed by atoms with Gasteiger partial charge in [0.25, 0.3) is 15.6 Å². The molecule has 0 fully saturated rings. The van der Waals surface area contributed by atoms with Gasteiger partial charge in [0.2, 0.25) is 5.91 Å². The molecule has 2 N–H and O–H groups in total. The van der Waals surface area contributed by atoms with Gasteiger partial charge in [0.1, 0.15) is 23.7 Å². The fraction of sp³-hybridized carbons (Fsp3) is 0.200. The summed E-state index contributed by atoms with van der Waals surface area (Å²) in [6.45, 7) is 1.58. The SMILES string of the molecule is COc1ccc(S(=O)(=O)Nc2ccc(C)n(CC(=O)NCc3ccco3)c2=O)cc1. The van der Waals surface area contributed by atoms with Crippen LogP contribution in [0, 0.1) is 6.92 Å². The number of carbonyl (C=O) groups excluding carboxylic acids is 1. The predicted molar refractivity (Wildman–Crippen MR) is 110 cm³/mol. The number of methoxy groups -OCH3 is 1. The van der Waals surface area contributed by atoms with Crippen LogP contribution in [0.5, 0.6) is 5.75 Å². The molecule has 0 saturated carbocycles. The van der Waals surface area contributed by atoms with Gasteiger partial charge in [0.05, 0.1) is 24.8 Å². The number of pyridine rings is 1. The van der Waals surface area contributed by atoms with Crippen molar-refractivity contribution in [3.05, 3.63) is 76.6 Å². The molecular weight excluding hydrogens is 410 g/mol. The third-order valence-corrected chi connectivity index (χ3v) is 5.73. The molecule has 0 saturated heterocycles. The third-order valence-electron chi connectivity index (χ3n) is 4.35. The average molecular weight is 431 g/mol. The number of hydrogen-bond donors (Lipinski definition) is 2. The summed E-state index contributed by atoms with van der Waals surface area (Å²) in [4.78, 5) is 25.0. The van der Waals surface area contributed by atoms with Crippen LogP contribution in [0.4, 0.5) is 5.69 Å². The minimum atomic E-state index is -3.99. The van der Waals surface area contributed by atoms with E-state index < -0.39 is 21.5 Å². The summed E-state index contributed by atoms with van der Waals surface area (Å²) < 4.78 is 38.9. The molecule has 0 aliphatic carbocycles. The minimum absolute atomic E-state index is 0.0222. The fourth-order valence-electron chi connectivity index (χ4n) is 2.70. The maximum atomic E-state index is 12.8. The molecule has 0 bridgehead atoms. The Morgan fingerprint density at radius 1 is 1.13 bits per heavy atom. The van der Waals surface area contributed by atoms with Gasteiger partial charge in [-0.3, -0.25) is 14.3 Å². The largest absolute Gasteiger partial charge is 0.497 e. The molecule has 2 aromatic heterocycles. The van der Waals surface area contributed by atoms with Gasteiger partial charge >= 0.3 is 0 Å². The van der Waals surface area contributed by atoms with Crippen molar-refractivity contribution in [2.24, 2.45) is 0 Å². The second kappa shape index (κ2) is 8.87. The van der Waals surface area contributed by atoms with E-state index in [1.54, 1.807) is 25.1 Å². The highest BCUT2D eigenvalue weighted by molar-refractivity contribution is 7.92. The Bertz CT molecular complexity index is 1180. The molecule has 10 heteroatoms. The number of hydrogen-bond acceptors (Lipinski definition) is 6. The number of aromatic nitrogens is 1. The highest BCUT2D eigenvalue weighted by Crippen LogP contribution is 2.18. The van der Waals surface area contributed by atoms with Crippen molar-refractivity contribution in [3.63, 3.8) is 0 Å². The molecule has 30 heavy (non-hydrogen) atoms. The molecule has 0 radical (unpaired) electrons. The smallest absolute Gasteiger partial charge is 0.275 e. The number of rotatable bonds is 8. The van der Waals surface area contributed by atoms with Crippen molar-refractivity contribution in [2.45, 2.75) is 24.9 Å². The second-order valence-corrected chi connectivity index (χ2v) is 8.10. The molecular formula is C20H21N3O6S. The molecule has 1 amide bonds. The summed E-state index contributed by atoms with van der Waals surface area (Å²) in [6, 6.07) is 12.1. The summed E-state index contributed by atoms with van der Waals surface area (Å²) in [5, 5.41) is 2.65. The molecule has 0 aliphatic heterocycles. The number of nitrogens with one attached hydrogen (secondary N) is 2. The molecule has 2 heterocycles. The van der Waals surface area contributed by atoms with Crippen molar-refractivity contribution < 1.29 is 22.4 Å². The van der Waals surface area contributed by atoms with Gasteiger partial charge in [-0.25, -0.2) is 8.42 Å². The number of nitrogens with zero attached hydrogens (tertiary/aromatic N) is 1. The van der Waals surface area contributed by atoms with E-state index in [1.807, 2.05) is 0 Å². The van der Waals surface area contributed by atoms with Crippen molar-refractivity contribution >= 4 is 21.6 Å². The van der Waals surface area contributed by atoms with Crippen LogP contribution in [-0.4, -0.2) is 26.0 Å². The van der Waals surface area contributed by atoms with E-state index in [1.165, 1.54) is 48.3 Å². The van der Waals surface area contributed by atoms with Crippen LogP contribution in [0.25, 0.3) is 0 Å². The highest BCUT2D eigenvalue weighted by atomic mass is 32.2. The molecule has 0 unspecified atom stereocenters. The molecule has 9 nitrogen and oxygen atoms in total. The van der Waals surface area contributed by atoms with Crippen LogP contribution < -0.4 is 20.3 Å². The molecule has 0 aliphatic rings. The first-order valence-electron chi connectivity index (χ1n) is 8.96. The Hall–Kier alpha value is -3.53. The number of amides is 1. The Balaban J connectivity index is 1.77. The summed E-state index contributed by atoms with van der Waals surface area (Å²) in [5.41, 5.74) is -0.268. The van der Waals surface area contributed by atoms with Gasteiger partial charge in [-0.15, -0.1) is 0 Å². The van der Waals surface area contributed by atoms with Gasteiger partial charge in [-0.05, 0) is 55.5 Å². The molecule has 0 spiro atoms. The zero-order valence-corrected chi connectivity index (χ0v) is 17.2. The van der Waals surface area contributed by atoms with Gasteiger partial charge in [0.15, 0.2) is 0 Å². The summed E-state index contributed by atoms with van der Waals surface area (Å²) in [6.07, 6.45) is 1.49. The Kier molecular flexibility index (Phi) is 6.26. The maximum Gasteiger partial charge on any atom is 0.275 e. The summed E-state index contributed by atoms with van der Waals surface area (Å²) in [5.74, 6) is 0.674. The normalized spacial score (nSPS) is 11.1. The van der Waals surface area contributed by atoms with Crippen LogP contribution >= 0.6 is 0 Å². The van der Waals surface area contributed by atoms with Crippen molar-refractivity contribution in [1.82, 2.24) is 9.88 Å². The van der Waals surface area contributed by atoms with E-state index in [9.17, 15) is 18.0 Å². The van der Waals surface area contributed by atoms with E-state index in [0.29, 0.717) is 17.2 Å². The van der Waals surface area contributed by atoms with E-state index in [2.05, 4.69) is 10.0 Å². The van der Waals surface area contributed by atoms with E-state index in [-0.39, 0.29) is 23.7 Å². The topological polar surface area (TPSA) is 120 Å². The number of anilines is 1. The number of benzene rings is 1. The molecule has 1 aromatic carbocycles. The highest BCUT2D eigenvalue weighted by Gasteiger charge is 2.18. The Labute approximate surface area is 173 Å². The van der Waals surface area contributed by atoms with Crippen LogP contribution in [0.3, 0.4) is 0 Å². The standard InChI is InChI=1S/C20H21N3O6S/c1-14-5-10-18(22-30(26,27)17-8-6-15(28-2)7-9-17)20(25)23(14)13-19(24)21-12-16-4-3-11-29-16/h3-11,22H,12-13H2,1-2H3,(H,21,24). The summed E-state index contributed by atoms with van der Waals surface area (Å²) in [7, 11) is -2.52. The van der Waals surface area contributed by atoms with Crippen LogP contribution in [0.1, 0.15) is 11.5 Å². The first-order valence-corrected chi connectivity index (χ1v) is 10.4. The van der Waals surface area contributed by atoms with Crippen LogP contribution in [-0.2, 0) is 27.9 Å². The van der Waals surface area contributed by atoms with E-state index >= 15 is 0 Å². The second-order valence-electron chi connectivity index (χ2n) is 6.42. The first kappa shape index (κ1) is 21.2. The number of sulfonamides is 1. The lowest BCUT2D eigenvalue weighted by Gasteiger charge is -2.13. The van der Waals surface area contributed by atoms with E-state index in [0.717, 1.165) is 0 Å². The minimum Gasteiger partial charge on any atom is -0.497 e. The first-order chi connectivity index (χ1) is 14.3. The molecule has 3 aromatic rings. The van der Waals surface area contributed by atoms with Gasteiger partial charge in [0, 0.05) is 5.69 Å². The number of furan rings is 1. The lowest BCUT2D eigenvalue weighted by atomic mass is 10.3. The zero-order valence-electron chi connectivity index (χ0n) is 16.4. The fourth-order valence-corrected chi connectivity index (χ4v) is 3.76. The Morgan fingerprint density at radius 2 is 1.87 bits per heavy atom. The number of ether oxygens (including phenoxy) is 1. The Morgan fingerprint density at radius 3 is 2.50 bits per heavy atom. The van der Waals surface area contributed by atoms with Gasteiger partial charge in [-0.2, -0.15) is 0 Å². The van der Waals surface area contributed by atoms with Crippen LogP contribution in [0.15, 0.2) is 68.9 Å². The van der Waals surface area contributed by atoms with Crippen LogP contribution in [0.2, 0.25) is 0 Å². The van der Waals surface area contributed by atoms with Crippen molar-refractivity contribution in [1.29, 1.82) is 0 Å². The van der Waals surface area contributed by atoms with E-state index in [4.69, 9.17) is 9.15 Å². The number of carbonyl (C=O) groups is 1. The van der Waals surface area contributed by atoms with Gasteiger partial charge < -0.3 is 19.0 Å². The monoisotopic (exact) mass is 431 g/mol. The molecule has 0 atom stereocenters. The number of aryl methyl sites for hydroxylation is 1. The van der Waals surface area contributed by atoms with Gasteiger partial charge in [-0.1, -0.05) is 0 Å². The lowest BCUT2D eigenvalue weighted by Crippen LogP contribution is -2.34. The molecule has 158 valence electrons. The predicted octanol–water partition coefficient (Wildman–Crippen LogP) is 1.88. The van der Waals surface area contributed by atoms with Crippen molar-refractivity contribution in [2.75, 3.05) is 11.8 Å². The average Bonchev–Trinajstić information content (AvgIpc) is 3.25. The third kappa shape index (κ3) is 4.90. The maximum absolute atomic E-state index is 12.8. The summed E-state index contributed by atoms with van der Waals surface area (Å²) >= 11 is 0.